The van der Waals surface area contributed by atoms with Crippen LogP contribution in [-0.4, -0.2) is 25.0 Å². The van der Waals surface area contributed by atoms with Crippen LogP contribution < -0.4 is 14.2 Å². The Balaban J connectivity index is 1.48. The minimum atomic E-state index is -0.357. The summed E-state index contributed by atoms with van der Waals surface area (Å²) in [7, 11) is 0. The molecule has 0 unspecified atom stereocenters. The third kappa shape index (κ3) is 7.49. The summed E-state index contributed by atoms with van der Waals surface area (Å²) in [5.74, 6) is 1.63. The lowest BCUT2D eigenvalue weighted by Crippen LogP contribution is -2.06. The Morgan fingerprint density at radius 2 is 1.48 bits per heavy atom. The second kappa shape index (κ2) is 12.4. The minimum absolute atomic E-state index is 0.0226. The Kier molecular flexibility index (Phi) is 9.07. The van der Waals surface area contributed by atoms with Crippen molar-refractivity contribution in [3.8, 4) is 17.2 Å². The van der Waals surface area contributed by atoms with Crippen molar-refractivity contribution >= 4 is 11.8 Å². The van der Waals surface area contributed by atoms with E-state index >= 15 is 0 Å². The van der Waals surface area contributed by atoms with Gasteiger partial charge < -0.3 is 14.2 Å². The molecule has 172 valence electrons. The fourth-order valence-corrected chi connectivity index (χ4v) is 3.45. The zero-order valence-electron chi connectivity index (χ0n) is 19.2. The van der Waals surface area contributed by atoms with E-state index in [4.69, 9.17) is 14.2 Å². The van der Waals surface area contributed by atoms with Crippen molar-refractivity contribution in [1.82, 2.24) is 0 Å². The van der Waals surface area contributed by atoms with Crippen LogP contribution in [0.1, 0.15) is 54.6 Å². The highest BCUT2D eigenvalue weighted by Crippen LogP contribution is 2.24. The van der Waals surface area contributed by atoms with Gasteiger partial charge in [0.05, 0.1) is 13.2 Å². The van der Waals surface area contributed by atoms with Gasteiger partial charge in [-0.2, -0.15) is 0 Å². The predicted molar refractivity (Wildman–Crippen MR) is 128 cm³/mol. The lowest BCUT2D eigenvalue weighted by Gasteiger charge is -2.13. The van der Waals surface area contributed by atoms with Crippen molar-refractivity contribution in [3.63, 3.8) is 0 Å². The Morgan fingerprint density at radius 3 is 2.21 bits per heavy atom. The summed E-state index contributed by atoms with van der Waals surface area (Å²) in [5, 5.41) is 0. The average Bonchev–Trinajstić information content (AvgIpc) is 2.82. The van der Waals surface area contributed by atoms with Gasteiger partial charge in [-0.05, 0) is 55.2 Å². The second-order valence-corrected chi connectivity index (χ2v) is 7.74. The van der Waals surface area contributed by atoms with Gasteiger partial charge in [-0.25, -0.2) is 0 Å². The van der Waals surface area contributed by atoms with Gasteiger partial charge in [0.25, 0.3) is 0 Å². The molecule has 0 aliphatic rings. The summed E-state index contributed by atoms with van der Waals surface area (Å²) >= 11 is 0. The highest BCUT2D eigenvalue weighted by atomic mass is 16.5. The Bertz CT molecular complexity index is 1060. The maximum absolute atomic E-state index is 12.8. The van der Waals surface area contributed by atoms with Crippen LogP contribution in [0.2, 0.25) is 0 Å². The summed E-state index contributed by atoms with van der Waals surface area (Å²) in [4.78, 5) is 23.8. The number of ether oxygens (including phenoxy) is 3. The minimum Gasteiger partial charge on any atom is -0.493 e. The van der Waals surface area contributed by atoms with Crippen LogP contribution in [-0.2, 0) is 11.2 Å². The number of unbranched alkanes of at least 4 members (excludes halogenated alkanes) is 1. The number of aryl methyl sites for hydroxylation is 1. The zero-order valence-corrected chi connectivity index (χ0v) is 19.2. The molecule has 0 aromatic heterocycles. The third-order valence-electron chi connectivity index (χ3n) is 5.01. The first-order valence-corrected chi connectivity index (χ1v) is 11.3. The molecule has 0 saturated carbocycles. The SMILES string of the molecule is CCCc1cc(C(=O)c2ccccc2)ccc1OCCCCOc1cccc(OC(C)=O)c1. The van der Waals surface area contributed by atoms with Crippen molar-refractivity contribution in [3.05, 3.63) is 89.5 Å². The molecule has 5 heteroatoms. The van der Waals surface area contributed by atoms with E-state index in [1.54, 1.807) is 18.2 Å². The number of hydrogen-bond acceptors (Lipinski definition) is 5. The van der Waals surface area contributed by atoms with Gasteiger partial charge in [-0.15, -0.1) is 0 Å². The van der Waals surface area contributed by atoms with Crippen molar-refractivity contribution in [2.75, 3.05) is 13.2 Å². The van der Waals surface area contributed by atoms with Crippen molar-refractivity contribution in [2.24, 2.45) is 0 Å². The monoisotopic (exact) mass is 446 g/mol. The first-order valence-electron chi connectivity index (χ1n) is 11.3. The average molecular weight is 447 g/mol. The van der Waals surface area contributed by atoms with Crippen LogP contribution in [0.25, 0.3) is 0 Å². The number of benzene rings is 3. The number of carbonyl (C=O) groups is 2. The van der Waals surface area contributed by atoms with Gasteiger partial charge in [0.15, 0.2) is 5.78 Å². The van der Waals surface area contributed by atoms with Gasteiger partial charge >= 0.3 is 5.97 Å². The molecule has 0 fully saturated rings. The molecule has 0 heterocycles. The largest absolute Gasteiger partial charge is 0.493 e. The summed E-state index contributed by atoms with van der Waals surface area (Å²) in [5.41, 5.74) is 2.42. The zero-order chi connectivity index (χ0) is 23.5. The first kappa shape index (κ1) is 24.1. The topological polar surface area (TPSA) is 61.8 Å². The molecule has 0 aliphatic carbocycles. The lowest BCUT2D eigenvalue weighted by molar-refractivity contribution is -0.131. The smallest absolute Gasteiger partial charge is 0.308 e. The van der Waals surface area contributed by atoms with E-state index in [-0.39, 0.29) is 11.8 Å². The van der Waals surface area contributed by atoms with Gasteiger partial charge in [0.1, 0.15) is 17.2 Å². The van der Waals surface area contributed by atoms with Gasteiger partial charge in [-0.1, -0.05) is 49.7 Å². The quantitative estimate of drug-likeness (QED) is 0.147. The van der Waals surface area contributed by atoms with E-state index in [0.717, 1.165) is 37.0 Å². The fourth-order valence-electron chi connectivity index (χ4n) is 3.45. The summed E-state index contributed by atoms with van der Waals surface area (Å²) in [6.45, 7) is 4.59. The van der Waals surface area contributed by atoms with E-state index in [0.29, 0.717) is 35.8 Å². The van der Waals surface area contributed by atoms with E-state index in [9.17, 15) is 9.59 Å². The predicted octanol–water partition coefficient (Wildman–Crippen LogP) is 6.03. The molecule has 0 atom stereocenters. The van der Waals surface area contributed by atoms with E-state index in [1.807, 2.05) is 54.6 Å². The molecule has 0 radical (unpaired) electrons. The molecule has 0 N–H and O–H groups in total. The van der Waals surface area contributed by atoms with Crippen LogP contribution in [0, 0.1) is 0 Å². The Labute approximate surface area is 195 Å². The van der Waals surface area contributed by atoms with Gasteiger partial charge in [0.2, 0.25) is 0 Å². The Hall–Kier alpha value is -3.60. The molecule has 0 amide bonds. The molecule has 3 aromatic rings. The number of carbonyl (C=O) groups excluding carboxylic acids is 2. The molecular formula is C28H30O5. The van der Waals surface area contributed by atoms with Crippen molar-refractivity contribution in [1.29, 1.82) is 0 Å². The van der Waals surface area contributed by atoms with Gasteiger partial charge in [0, 0.05) is 24.1 Å². The molecule has 0 aliphatic heterocycles. The summed E-state index contributed by atoms with van der Waals surface area (Å²) < 4.78 is 16.8. The fraction of sp³-hybridized carbons (Fsp3) is 0.286. The van der Waals surface area contributed by atoms with Crippen LogP contribution in [0.4, 0.5) is 0 Å². The standard InChI is InChI=1S/C28H30O5/c1-3-10-23-19-24(28(30)22-11-5-4-6-12-22)15-16-27(23)32-18-8-7-17-31-25-13-9-14-26(20-25)33-21(2)29/h4-6,9,11-16,19-20H,3,7-8,10,17-18H2,1-2H3. The van der Waals surface area contributed by atoms with E-state index in [2.05, 4.69) is 6.92 Å². The summed E-state index contributed by atoms with van der Waals surface area (Å²) in [6.07, 6.45) is 3.48. The molecule has 0 bridgehead atoms. The maximum atomic E-state index is 12.8. The number of esters is 1. The van der Waals surface area contributed by atoms with Crippen LogP contribution in [0.5, 0.6) is 17.2 Å². The highest BCUT2D eigenvalue weighted by Gasteiger charge is 2.12. The molecule has 33 heavy (non-hydrogen) atoms. The molecular weight excluding hydrogens is 416 g/mol. The Morgan fingerprint density at radius 1 is 0.758 bits per heavy atom. The van der Waals surface area contributed by atoms with Crippen LogP contribution in [0.15, 0.2) is 72.8 Å². The van der Waals surface area contributed by atoms with E-state index < -0.39 is 0 Å². The lowest BCUT2D eigenvalue weighted by atomic mass is 9.99. The molecule has 3 aromatic carbocycles. The first-order chi connectivity index (χ1) is 16.1. The van der Waals surface area contributed by atoms with Crippen LogP contribution in [0.3, 0.4) is 0 Å². The molecule has 5 nitrogen and oxygen atoms in total. The maximum Gasteiger partial charge on any atom is 0.308 e. The number of rotatable bonds is 12. The molecule has 0 saturated heterocycles. The van der Waals surface area contributed by atoms with Crippen molar-refractivity contribution < 1.29 is 23.8 Å². The van der Waals surface area contributed by atoms with Crippen LogP contribution >= 0.6 is 0 Å². The summed E-state index contributed by atoms with van der Waals surface area (Å²) in [6, 6.07) is 22.0. The second-order valence-electron chi connectivity index (χ2n) is 7.74. The molecule has 0 spiro atoms. The normalized spacial score (nSPS) is 10.5. The molecule has 3 rings (SSSR count). The number of hydrogen-bond donors (Lipinski definition) is 0. The van der Waals surface area contributed by atoms with E-state index in [1.165, 1.54) is 6.92 Å². The van der Waals surface area contributed by atoms with Crippen molar-refractivity contribution in [2.45, 2.75) is 39.5 Å². The third-order valence-corrected chi connectivity index (χ3v) is 5.01. The highest BCUT2D eigenvalue weighted by molar-refractivity contribution is 6.09. The number of ketones is 1. The van der Waals surface area contributed by atoms with Gasteiger partial charge in [-0.3, -0.25) is 9.59 Å².